The zero-order chi connectivity index (χ0) is 15.8. The van der Waals surface area contributed by atoms with E-state index in [2.05, 4.69) is 79.6 Å². The van der Waals surface area contributed by atoms with Crippen molar-refractivity contribution in [2.45, 2.75) is 5.88 Å². The van der Waals surface area contributed by atoms with Gasteiger partial charge in [-0.2, -0.15) is 0 Å². The van der Waals surface area contributed by atoms with Gasteiger partial charge in [0.2, 0.25) is 5.78 Å². The molecule has 0 heterocycles. The summed E-state index contributed by atoms with van der Waals surface area (Å²) in [5, 5.41) is 1.80. The molecule has 0 aliphatic rings. The number of halogens is 5. The normalized spacial score (nSPS) is 11.9. The molecule has 2 aromatic rings. The van der Waals surface area contributed by atoms with E-state index in [-0.39, 0.29) is 11.6 Å². The molecule has 0 unspecified atom stereocenters. The third-order valence-corrected chi connectivity index (χ3v) is 4.76. The average molecular weight is 607 g/mol. The van der Waals surface area contributed by atoms with Gasteiger partial charge in [-0.3, -0.25) is 9.59 Å². The van der Waals surface area contributed by atoms with Gasteiger partial charge in [-0.25, -0.2) is 0 Å². The molecule has 0 aromatic heterocycles. The second-order valence-corrected chi connectivity index (χ2v) is 14.1. The summed E-state index contributed by atoms with van der Waals surface area (Å²) < 4.78 is -1.65. The first kappa shape index (κ1) is 17.8. The predicted molar refractivity (Wildman–Crippen MR) is 104 cm³/mol. The second kappa shape index (κ2) is 6.91. The zero-order valence-electron chi connectivity index (χ0n) is 10.2. The molecule has 7 heteroatoms. The number of Topliss-reactive ketones (excluding diaryl/α,β-unsaturated/α-hetero) is 2. The Bertz CT molecular complexity index is 719. The van der Waals surface area contributed by atoms with E-state index >= 15 is 0 Å². The molecule has 2 rings (SSSR count). The Labute approximate surface area is 163 Å². The maximum absolute atomic E-state index is 12.5. The lowest BCUT2D eigenvalue weighted by atomic mass is 9.96. The first-order chi connectivity index (χ1) is 9.71. The number of rotatable bonds is 3. The predicted octanol–water partition coefficient (Wildman–Crippen LogP) is 6.16. The van der Waals surface area contributed by atoms with E-state index in [1.54, 1.807) is 12.1 Å². The van der Waals surface area contributed by atoms with Gasteiger partial charge in [-0.15, -0.1) is 0 Å². The van der Waals surface area contributed by atoms with Crippen molar-refractivity contribution < 1.29 is 9.59 Å². The van der Waals surface area contributed by atoms with Crippen molar-refractivity contribution in [2.75, 3.05) is 0 Å². The number of carbonyl (C=O) groups is 2. The molecule has 0 saturated carbocycles. The van der Waals surface area contributed by atoms with Crippen LogP contribution in [-0.4, -0.2) is 17.4 Å². The van der Waals surface area contributed by atoms with Crippen LogP contribution in [0.25, 0.3) is 10.8 Å². The van der Waals surface area contributed by atoms with E-state index in [9.17, 15) is 9.59 Å². The van der Waals surface area contributed by atoms with Crippen LogP contribution in [-0.2, 0) is 0 Å². The minimum atomic E-state index is -1.10. The standard InChI is InChI=1S/C14H7Br5O2/c15-13(16)11(20)9-5-7-3-1-2-4-8(7)6-10(9)12(21)14(17,18)19/h1-6,13H. The Kier molecular flexibility index (Phi) is 5.85. The minimum absolute atomic E-state index is 0.208. The number of hydrogen-bond donors (Lipinski definition) is 0. The summed E-state index contributed by atoms with van der Waals surface area (Å²) in [4.78, 5) is 24.9. The highest BCUT2D eigenvalue weighted by Crippen LogP contribution is 2.39. The van der Waals surface area contributed by atoms with Gasteiger partial charge in [0.15, 0.2) is 7.93 Å². The molecule has 2 nitrogen and oxygen atoms in total. The number of benzene rings is 2. The lowest BCUT2D eigenvalue weighted by Gasteiger charge is -2.15. The Morgan fingerprint density at radius 3 is 1.81 bits per heavy atom. The molecule has 0 aliphatic carbocycles. The Balaban J connectivity index is 2.73. The van der Waals surface area contributed by atoms with Gasteiger partial charge < -0.3 is 0 Å². The molecule has 0 N–H and O–H groups in total. The molecule has 0 spiro atoms. The maximum atomic E-state index is 12.5. The molecule has 0 aliphatic heterocycles. The number of ketones is 2. The molecule has 2 aromatic carbocycles. The lowest BCUT2D eigenvalue weighted by molar-refractivity contribution is 0.0978. The van der Waals surface area contributed by atoms with Crippen LogP contribution in [0.2, 0.25) is 0 Å². The summed E-state index contributed by atoms with van der Waals surface area (Å²) in [6.07, 6.45) is 0. The van der Waals surface area contributed by atoms with Gasteiger partial charge in [0.1, 0.15) is 3.74 Å². The largest absolute Gasteiger partial charge is 0.292 e. The van der Waals surface area contributed by atoms with Crippen LogP contribution in [0.3, 0.4) is 0 Å². The van der Waals surface area contributed by atoms with Crippen molar-refractivity contribution in [1.29, 1.82) is 0 Å². The average Bonchev–Trinajstić information content (AvgIpc) is 2.43. The van der Waals surface area contributed by atoms with E-state index in [1.807, 2.05) is 24.3 Å². The topological polar surface area (TPSA) is 34.1 Å². The quantitative estimate of drug-likeness (QED) is 0.310. The van der Waals surface area contributed by atoms with E-state index in [1.165, 1.54) is 0 Å². The first-order valence-corrected chi connectivity index (χ1v) is 9.89. The Hall–Kier alpha value is 0.440. The summed E-state index contributed by atoms with van der Waals surface area (Å²) in [6.45, 7) is 0. The Morgan fingerprint density at radius 1 is 0.905 bits per heavy atom. The molecular weight excluding hydrogens is 600 g/mol. The van der Waals surface area contributed by atoms with Crippen LogP contribution in [0.5, 0.6) is 0 Å². The van der Waals surface area contributed by atoms with Crippen molar-refractivity contribution in [3.05, 3.63) is 47.5 Å². The molecule has 0 atom stereocenters. The minimum Gasteiger partial charge on any atom is -0.292 e. The Morgan fingerprint density at radius 2 is 1.38 bits per heavy atom. The number of hydrogen-bond acceptors (Lipinski definition) is 2. The number of alkyl halides is 5. The smallest absolute Gasteiger partial charge is 0.201 e. The van der Waals surface area contributed by atoms with Crippen LogP contribution < -0.4 is 0 Å². The molecule has 0 radical (unpaired) electrons. The fraction of sp³-hybridized carbons (Fsp3) is 0.143. The molecule has 0 fully saturated rings. The van der Waals surface area contributed by atoms with Gasteiger partial charge in [-0.1, -0.05) is 104 Å². The molecule has 0 saturated heterocycles. The summed E-state index contributed by atoms with van der Waals surface area (Å²) in [6, 6.07) is 11.0. The van der Waals surface area contributed by atoms with Crippen LogP contribution in [0.15, 0.2) is 36.4 Å². The second-order valence-electron chi connectivity index (χ2n) is 4.24. The molecule has 0 amide bonds. The van der Waals surface area contributed by atoms with E-state index in [4.69, 9.17) is 0 Å². The number of carbonyl (C=O) groups excluding carboxylic acids is 2. The van der Waals surface area contributed by atoms with Crippen LogP contribution in [0, 0.1) is 0 Å². The van der Waals surface area contributed by atoms with Crippen molar-refractivity contribution in [3.63, 3.8) is 0 Å². The maximum Gasteiger partial charge on any atom is 0.201 e. The van der Waals surface area contributed by atoms with E-state index in [0.717, 1.165) is 10.8 Å². The van der Waals surface area contributed by atoms with Gasteiger partial charge in [0.05, 0.1) is 0 Å². The van der Waals surface area contributed by atoms with Crippen LogP contribution in [0.1, 0.15) is 20.7 Å². The van der Waals surface area contributed by atoms with E-state index < -0.39 is 5.88 Å². The van der Waals surface area contributed by atoms with Gasteiger partial charge in [-0.05, 0) is 22.9 Å². The number of fused-ring (bicyclic) bond motifs is 1. The zero-order valence-corrected chi connectivity index (χ0v) is 18.2. The van der Waals surface area contributed by atoms with Crippen molar-refractivity contribution in [2.24, 2.45) is 0 Å². The fourth-order valence-corrected chi connectivity index (χ4v) is 3.04. The van der Waals surface area contributed by atoms with Crippen LogP contribution >= 0.6 is 79.6 Å². The highest BCUT2D eigenvalue weighted by atomic mass is 80.0. The van der Waals surface area contributed by atoms with Crippen molar-refractivity contribution >= 4 is 102 Å². The molecule has 0 bridgehead atoms. The summed E-state index contributed by atoms with van der Waals surface area (Å²) >= 11 is 16.0. The summed E-state index contributed by atoms with van der Waals surface area (Å²) in [5.41, 5.74) is 0.702. The van der Waals surface area contributed by atoms with E-state index in [0.29, 0.717) is 11.1 Å². The van der Waals surface area contributed by atoms with Gasteiger partial charge >= 0.3 is 0 Å². The van der Waals surface area contributed by atoms with Crippen molar-refractivity contribution in [1.82, 2.24) is 0 Å². The van der Waals surface area contributed by atoms with Gasteiger partial charge in [0.25, 0.3) is 0 Å². The van der Waals surface area contributed by atoms with Crippen LogP contribution in [0.4, 0.5) is 0 Å². The van der Waals surface area contributed by atoms with Gasteiger partial charge in [0, 0.05) is 11.1 Å². The molecular formula is C14H7Br5O2. The summed E-state index contributed by atoms with van der Waals surface area (Å²) in [7, 11) is 0. The lowest BCUT2D eigenvalue weighted by Crippen LogP contribution is -2.22. The van der Waals surface area contributed by atoms with Crippen molar-refractivity contribution in [3.8, 4) is 0 Å². The fourth-order valence-electron chi connectivity index (χ4n) is 1.90. The SMILES string of the molecule is O=C(c1cc2ccccc2cc1C(=O)C(Br)(Br)Br)C(Br)Br. The molecule has 21 heavy (non-hydrogen) atoms. The molecule has 110 valence electrons. The highest BCUT2D eigenvalue weighted by Gasteiger charge is 2.33. The summed E-state index contributed by atoms with van der Waals surface area (Å²) in [5.74, 6) is -0.488. The monoisotopic (exact) mass is 602 g/mol. The third kappa shape index (κ3) is 4.05. The highest BCUT2D eigenvalue weighted by molar-refractivity contribution is 9.40. The third-order valence-electron chi connectivity index (χ3n) is 2.85. The first-order valence-electron chi connectivity index (χ1n) is 5.68.